The van der Waals surface area contributed by atoms with E-state index in [1.165, 1.54) is 16.5 Å². The van der Waals surface area contributed by atoms with Crippen LogP contribution in [-0.2, 0) is 17.6 Å². The van der Waals surface area contributed by atoms with Crippen molar-refractivity contribution in [1.29, 1.82) is 0 Å². The zero-order chi connectivity index (χ0) is 18.8. The molecular weight excluding hydrogens is 338 g/mol. The molecule has 1 amide bonds. The van der Waals surface area contributed by atoms with Crippen molar-refractivity contribution >= 4 is 22.4 Å². The van der Waals surface area contributed by atoms with Gasteiger partial charge in [-0.1, -0.05) is 43.3 Å². The van der Waals surface area contributed by atoms with Gasteiger partial charge in [-0.05, 0) is 54.0 Å². The SMILES string of the molecule is CC[C@H](Oc1ccccc1OC)C(=O)Nc1ccc2c3c(cccc13)CC2. The summed E-state index contributed by atoms with van der Waals surface area (Å²) >= 11 is 0. The van der Waals surface area contributed by atoms with Crippen molar-refractivity contribution in [2.75, 3.05) is 12.4 Å². The van der Waals surface area contributed by atoms with Crippen LogP contribution in [0, 0.1) is 0 Å². The molecule has 4 nitrogen and oxygen atoms in total. The molecule has 138 valence electrons. The molecule has 0 spiro atoms. The van der Waals surface area contributed by atoms with E-state index < -0.39 is 6.10 Å². The fourth-order valence-corrected chi connectivity index (χ4v) is 3.76. The van der Waals surface area contributed by atoms with E-state index in [-0.39, 0.29) is 5.91 Å². The molecule has 4 rings (SSSR count). The van der Waals surface area contributed by atoms with Crippen LogP contribution in [0.3, 0.4) is 0 Å². The molecule has 3 aromatic rings. The molecule has 0 fully saturated rings. The summed E-state index contributed by atoms with van der Waals surface area (Å²) in [6.45, 7) is 1.94. The van der Waals surface area contributed by atoms with E-state index in [2.05, 4.69) is 29.6 Å². The number of ether oxygens (including phenoxy) is 2. The highest BCUT2D eigenvalue weighted by atomic mass is 16.5. The number of anilines is 1. The topological polar surface area (TPSA) is 47.6 Å². The van der Waals surface area contributed by atoms with Crippen LogP contribution in [0.1, 0.15) is 24.5 Å². The Labute approximate surface area is 159 Å². The molecule has 0 radical (unpaired) electrons. The van der Waals surface area contributed by atoms with Gasteiger partial charge in [-0.3, -0.25) is 4.79 Å². The number of carbonyl (C=O) groups excluding carboxylic acids is 1. The Balaban J connectivity index is 1.59. The summed E-state index contributed by atoms with van der Waals surface area (Å²) in [4.78, 5) is 12.9. The van der Waals surface area contributed by atoms with E-state index >= 15 is 0 Å². The summed E-state index contributed by atoms with van der Waals surface area (Å²) < 4.78 is 11.3. The number of nitrogens with one attached hydrogen (secondary N) is 1. The van der Waals surface area contributed by atoms with Crippen LogP contribution < -0.4 is 14.8 Å². The Hall–Kier alpha value is -3.01. The van der Waals surface area contributed by atoms with E-state index in [4.69, 9.17) is 9.47 Å². The maximum absolute atomic E-state index is 12.9. The van der Waals surface area contributed by atoms with Crippen LogP contribution in [0.4, 0.5) is 5.69 Å². The molecule has 1 atom stereocenters. The van der Waals surface area contributed by atoms with Gasteiger partial charge in [0, 0.05) is 11.1 Å². The molecule has 0 heterocycles. The molecule has 4 heteroatoms. The van der Waals surface area contributed by atoms with Gasteiger partial charge in [0.2, 0.25) is 0 Å². The first-order valence-corrected chi connectivity index (χ1v) is 9.35. The van der Waals surface area contributed by atoms with Crippen molar-refractivity contribution in [3.8, 4) is 11.5 Å². The average Bonchev–Trinajstić information content (AvgIpc) is 3.13. The number of hydrogen-bond acceptors (Lipinski definition) is 3. The average molecular weight is 361 g/mol. The second-order valence-corrected chi connectivity index (χ2v) is 6.77. The fourth-order valence-electron chi connectivity index (χ4n) is 3.76. The molecule has 3 aromatic carbocycles. The molecule has 1 N–H and O–H groups in total. The minimum atomic E-state index is -0.593. The Kier molecular flexibility index (Phi) is 4.71. The van der Waals surface area contributed by atoms with E-state index in [0.717, 1.165) is 23.9 Å². The zero-order valence-corrected chi connectivity index (χ0v) is 15.6. The van der Waals surface area contributed by atoms with E-state index in [0.29, 0.717) is 17.9 Å². The summed E-state index contributed by atoms with van der Waals surface area (Å²) in [5, 5.41) is 5.46. The van der Waals surface area contributed by atoms with E-state index in [1.54, 1.807) is 7.11 Å². The maximum atomic E-state index is 12.9. The fraction of sp³-hybridized carbons (Fsp3) is 0.261. The number of para-hydroxylation sites is 2. The van der Waals surface area contributed by atoms with Gasteiger partial charge in [0.15, 0.2) is 17.6 Å². The number of hydrogen-bond donors (Lipinski definition) is 1. The lowest BCUT2D eigenvalue weighted by Gasteiger charge is -2.19. The number of carbonyl (C=O) groups is 1. The molecule has 1 aliphatic carbocycles. The van der Waals surface area contributed by atoms with Gasteiger partial charge in [-0.25, -0.2) is 0 Å². The van der Waals surface area contributed by atoms with Crippen molar-refractivity contribution in [2.45, 2.75) is 32.3 Å². The number of benzene rings is 3. The number of aryl methyl sites for hydroxylation is 2. The van der Waals surface area contributed by atoms with Gasteiger partial charge in [0.25, 0.3) is 5.91 Å². The predicted octanol–water partition coefficient (Wildman–Crippen LogP) is 4.74. The van der Waals surface area contributed by atoms with Gasteiger partial charge in [0.05, 0.1) is 7.11 Å². The second-order valence-electron chi connectivity index (χ2n) is 6.77. The van der Waals surface area contributed by atoms with Crippen LogP contribution in [0.25, 0.3) is 10.8 Å². The summed E-state index contributed by atoms with van der Waals surface area (Å²) in [5.41, 5.74) is 3.55. The van der Waals surface area contributed by atoms with Crippen molar-refractivity contribution in [2.24, 2.45) is 0 Å². The summed E-state index contributed by atoms with van der Waals surface area (Å²) in [6, 6.07) is 17.8. The molecule has 0 saturated heterocycles. The molecule has 0 aromatic heterocycles. The van der Waals surface area contributed by atoms with Gasteiger partial charge in [-0.15, -0.1) is 0 Å². The largest absolute Gasteiger partial charge is 0.493 e. The standard InChI is InChI=1S/C23H23NO3/c1-3-19(27-21-10-5-4-9-20(21)26-2)23(25)24-18-14-13-16-12-11-15-7-6-8-17(18)22(15)16/h4-10,13-14,19H,3,11-12H2,1-2H3,(H,24,25)/t19-/m0/s1. The van der Waals surface area contributed by atoms with Gasteiger partial charge < -0.3 is 14.8 Å². The molecule has 0 unspecified atom stereocenters. The second kappa shape index (κ2) is 7.31. The lowest BCUT2D eigenvalue weighted by atomic mass is 10.0. The molecule has 0 aliphatic heterocycles. The minimum Gasteiger partial charge on any atom is -0.493 e. The first-order valence-electron chi connectivity index (χ1n) is 9.35. The van der Waals surface area contributed by atoms with Gasteiger partial charge >= 0.3 is 0 Å². The lowest BCUT2D eigenvalue weighted by Crippen LogP contribution is -2.32. The third-order valence-corrected chi connectivity index (χ3v) is 5.14. The van der Waals surface area contributed by atoms with Crippen LogP contribution >= 0.6 is 0 Å². The molecule has 0 saturated carbocycles. The highest BCUT2D eigenvalue weighted by Gasteiger charge is 2.22. The first kappa shape index (κ1) is 17.4. The van der Waals surface area contributed by atoms with Crippen molar-refractivity contribution < 1.29 is 14.3 Å². The summed E-state index contributed by atoms with van der Waals surface area (Å²) in [6.07, 6.45) is 2.10. The summed E-state index contributed by atoms with van der Waals surface area (Å²) in [5.74, 6) is 1.04. The number of amides is 1. The van der Waals surface area contributed by atoms with Gasteiger partial charge in [-0.2, -0.15) is 0 Å². The van der Waals surface area contributed by atoms with Crippen LogP contribution in [0.5, 0.6) is 11.5 Å². The quantitative estimate of drug-likeness (QED) is 0.690. The molecular formula is C23H23NO3. The third kappa shape index (κ3) is 3.23. The highest BCUT2D eigenvalue weighted by Crippen LogP contribution is 2.35. The lowest BCUT2D eigenvalue weighted by molar-refractivity contribution is -0.122. The Morgan fingerprint density at radius 1 is 1.00 bits per heavy atom. The zero-order valence-electron chi connectivity index (χ0n) is 15.6. The Morgan fingerprint density at radius 3 is 2.48 bits per heavy atom. The highest BCUT2D eigenvalue weighted by molar-refractivity contribution is 6.06. The Morgan fingerprint density at radius 2 is 1.74 bits per heavy atom. The first-order chi connectivity index (χ1) is 13.2. The van der Waals surface area contributed by atoms with Gasteiger partial charge in [0.1, 0.15) is 0 Å². The molecule has 1 aliphatic rings. The third-order valence-electron chi connectivity index (χ3n) is 5.14. The van der Waals surface area contributed by atoms with E-state index in [1.807, 2.05) is 37.3 Å². The van der Waals surface area contributed by atoms with Crippen LogP contribution in [-0.4, -0.2) is 19.1 Å². The number of rotatable bonds is 6. The maximum Gasteiger partial charge on any atom is 0.265 e. The van der Waals surface area contributed by atoms with Crippen molar-refractivity contribution in [3.05, 3.63) is 65.7 Å². The Bertz CT molecular complexity index is 986. The molecule has 0 bridgehead atoms. The van der Waals surface area contributed by atoms with E-state index in [9.17, 15) is 4.79 Å². The summed E-state index contributed by atoms with van der Waals surface area (Å²) in [7, 11) is 1.59. The molecule has 27 heavy (non-hydrogen) atoms. The van der Waals surface area contributed by atoms with Crippen molar-refractivity contribution in [3.63, 3.8) is 0 Å². The monoisotopic (exact) mass is 361 g/mol. The predicted molar refractivity (Wildman–Crippen MR) is 108 cm³/mol. The smallest absolute Gasteiger partial charge is 0.265 e. The normalized spacial score (nSPS) is 13.4. The number of methoxy groups -OCH3 is 1. The van der Waals surface area contributed by atoms with Crippen LogP contribution in [0.15, 0.2) is 54.6 Å². The van der Waals surface area contributed by atoms with Crippen LogP contribution in [0.2, 0.25) is 0 Å². The van der Waals surface area contributed by atoms with Crippen molar-refractivity contribution in [1.82, 2.24) is 0 Å². The minimum absolute atomic E-state index is 0.151.